The molecule has 1 aliphatic heterocycles. The number of primary amides is 1. The largest absolute Gasteiger partial charge is 0.481 e. The molecule has 1 aliphatic rings. The van der Waals surface area contributed by atoms with Crippen LogP contribution in [0.4, 0.5) is 0 Å². The predicted octanol–water partition coefficient (Wildman–Crippen LogP) is -0.385. The van der Waals surface area contributed by atoms with Crippen LogP contribution < -0.4 is 11.1 Å². The first-order chi connectivity index (χ1) is 9.49. The number of nitrogens with two attached hydrogens (primary N) is 1. The van der Waals surface area contributed by atoms with Crippen LogP contribution in [0.5, 0.6) is 0 Å². The summed E-state index contributed by atoms with van der Waals surface area (Å²) in [5.41, 5.74) is 5.61. The van der Waals surface area contributed by atoms with Gasteiger partial charge in [0.25, 0.3) is 5.91 Å². The highest BCUT2D eigenvalue weighted by atomic mass is 16.5. The van der Waals surface area contributed by atoms with E-state index in [0.29, 0.717) is 0 Å². The lowest BCUT2D eigenvalue weighted by atomic mass is 10.0. The van der Waals surface area contributed by atoms with Gasteiger partial charge < -0.3 is 20.9 Å². The van der Waals surface area contributed by atoms with Crippen LogP contribution in [0.15, 0.2) is 24.3 Å². The van der Waals surface area contributed by atoms with Crippen molar-refractivity contribution in [2.45, 2.75) is 6.04 Å². The Bertz CT molecular complexity index is 557. The summed E-state index contributed by atoms with van der Waals surface area (Å²) in [4.78, 5) is 34.1. The zero-order valence-corrected chi connectivity index (χ0v) is 10.5. The minimum Gasteiger partial charge on any atom is -0.481 e. The minimum absolute atomic E-state index is 0.0710. The summed E-state index contributed by atoms with van der Waals surface area (Å²) >= 11 is 0. The molecular weight excluding hydrogens is 264 g/mol. The van der Waals surface area contributed by atoms with E-state index in [1.165, 1.54) is 24.3 Å². The van der Waals surface area contributed by atoms with Crippen molar-refractivity contribution >= 4 is 17.8 Å². The SMILES string of the molecule is NC(=O)c1cccc(C(=O)NC2COCC2C(=O)O)c1. The number of aliphatic carboxylic acids is 1. The van der Waals surface area contributed by atoms with Crippen molar-refractivity contribution in [3.8, 4) is 0 Å². The molecule has 0 bridgehead atoms. The summed E-state index contributed by atoms with van der Waals surface area (Å²) in [6.45, 7) is 0.222. The molecule has 20 heavy (non-hydrogen) atoms. The van der Waals surface area contributed by atoms with Gasteiger partial charge in [0.1, 0.15) is 5.92 Å². The monoisotopic (exact) mass is 278 g/mol. The first kappa shape index (κ1) is 14.0. The highest BCUT2D eigenvalue weighted by molar-refractivity contribution is 5.99. The van der Waals surface area contributed by atoms with E-state index in [-0.39, 0.29) is 24.3 Å². The molecule has 1 aromatic carbocycles. The first-order valence-electron chi connectivity index (χ1n) is 6.00. The number of hydrogen-bond donors (Lipinski definition) is 3. The van der Waals surface area contributed by atoms with Gasteiger partial charge in [0.2, 0.25) is 5.91 Å². The van der Waals surface area contributed by atoms with Gasteiger partial charge in [-0.1, -0.05) is 6.07 Å². The topological polar surface area (TPSA) is 119 Å². The number of carbonyl (C=O) groups is 3. The van der Waals surface area contributed by atoms with Crippen LogP contribution in [0.2, 0.25) is 0 Å². The smallest absolute Gasteiger partial charge is 0.311 e. The van der Waals surface area contributed by atoms with Crippen LogP contribution in [0, 0.1) is 5.92 Å². The normalized spacial score (nSPS) is 21.4. The standard InChI is InChI=1S/C13H14N2O5/c14-11(16)7-2-1-3-8(4-7)12(17)15-10-6-20-5-9(10)13(18)19/h1-4,9-10H,5-6H2,(H2,14,16)(H,15,17)(H,18,19). The van der Waals surface area contributed by atoms with E-state index in [0.717, 1.165) is 0 Å². The van der Waals surface area contributed by atoms with E-state index < -0.39 is 29.7 Å². The molecule has 1 fully saturated rings. The number of benzene rings is 1. The number of hydrogen-bond acceptors (Lipinski definition) is 4. The van der Waals surface area contributed by atoms with E-state index in [1.54, 1.807) is 0 Å². The Hall–Kier alpha value is -2.41. The van der Waals surface area contributed by atoms with Gasteiger partial charge in [-0.15, -0.1) is 0 Å². The zero-order valence-electron chi connectivity index (χ0n) is 10.5. The molecule has 7 nitrogen and oxygen atoms in total. The molecule has 0 aromatic heterocycles. The Labute approximate surface area is 114 Å². The van der Waals surface area contributed by atoms with Crippen molar-refractivity contribution in [3.05, 3.63) is 35.4 Å². The summed E-state index contributed by atoms with van der Waals surface area (Å²) in [5, 5.41) is 11.6. The fourth-order valence-corrected chi connectivity index (χ4v) is 2.01. The number of carboxylic acid groups (broad SMARTS) is 1. The molecular formula is C13H14N2O5. The third-order valence-corrected chi connectivity index (χ3v) is 3.12. The molecule has 0 spiro atoms. The predicted molar refractivity (Wildman–Crippen MR) is 68.2 cm³/mol. The number of ether oxygens (including phenoxy) is 1. The number of carboxylic acids is 1. The van der Waals surface area contributed by atoms with Crippen molar-refractivity contribution in [1.29, 1.82) is 0 Å². The second-order valence-corrected chi connectivity index (χ2v) is 4.51. The van der Waals surface area contributed by atoms with Crippen molar-refractivity contribution in [3.63, 3.8) is 0 Å². The molecule has 106 valence electrons. The van der Waals surface area contributed by atoms with Gasteiger partial charge in [0, 0.05) is 11.1 Å². The summed E-state index contributed by atoms with van der Waals surface area (Å²) in [6, 6.07) is 5.33. The lowest BCUT2D eigenvalue weighted by molar-refractivity contribution is -0.142. The molecule has 4 N–H and O–H groups in total. The number of carbonyl (C=O) groups excluding carboxylic acids is 2. The van der Waals surface area contributed by atoms with Gasteiger partial charge in [-0.05, 0) is 18.2 Å². The Morgan fingerprint density at radius 2 is 1.95 bits per heavy atom. The van der Waals surface area contributed by atoms with Crippen LogP contribution in [0.3, 0.4) is 0 Å². The van der Waals surface area contributed by atoms with Gasteiger partial charge >= 0.3 is 5.97 Å². The summed E-state index contributed by atoms with van der Waals surface area (Å²) in [6.07, 6.45) is 0. The average molecular weight is 278 g/mol. The third kappa shape index (κ3) is 2.94. The Morgan fingerprint density at radius 1 is 1.25 bits per heavy atom. The Kier molecular flexibility index (Phi) is 3.99. The Morgan fingerprint density at radius 3 is 2.60 bits per heavy atom. The van der Waals surface area contributed by atoms with Crippen molar-refractivity contribution in [2.75, 3.05) is 13.2 Å². The van der Waals surface area contributed by atoms with Gasteiger partial charge in [-0.3, -0.25) is 14.4 Å². The van der Waals surface area contributed by atoms with E-state index in [2.05, 4.69) is 5.32 Å². The molecule has 0 radical (unpaired) electrons. The van der Waals surface area contributed by atoms with Gasteiger partial charge in [0.05, 0.1) is 19.3 Å². The lowest BCUT2D eigenvalue weighted by Gasteiger charge is -2.15. The Balaban J connectivity index is 2.10. The van der Waals surface area contributed by atoms with Crippen LogP contribution in [0.25, 0.3) is 0 Å². The van der Waals surface area contributed by atoms with Crippen LogP contribution in [0.1, 0.15) is 20.7 Å². The van der Waals surface area contributed by atoms with Crippen LogP contribution >= 0.6 is 0 Å². The van der Waals surface area contributed by atoms with Crippen LogP contribution in [-0.2, 0) is 9.53 Å². The first-order valence-corrected chi connectivity index (χ1v) is 6.00. The second-order valence-electron chi connectivity index (χ2n) is 4.51. The van der Waals surface area contributed by atoms with E-state index in [4.69, 9.17) is 15.6 Å². The molecule has 2 amide bonds. The zero-order chi connectivity index (χ0) is 14.7. The fourth-order valence-electron chi connectivity index (χ4n) is 2.01. The molecule has 2 rings (SSSR count). The molecule has 1 saturated heterocycles. The van der Waals surface area contributed by atoms with E-state index in [9.17, 15) is 14.4 Å². The second kappa shape index (κ2) is 5.70. The number of rotatable bonds is 4. The fraction of sp³-hybridized carbons (Fsp3) is 0.308. The quantitative estimate of drug-likeness (QED) is 0.693. The summed E-state index contributed by atoms with van der Waals surface area (Å²) < 4.78 is 5.06. The van der Waals surface area contributed by atoms with E-state index in [1.807, 2.05) is 0 Å². The van der Waals surface area contributed by atoms with E-state index >= 15 is 0 Å². The van der Waals surface area contributed by atoms with Crippen molar-refractivity contribution in [2.24, 2.45) is 11.7 Å². The number of amides is 2. The third-order valence-electron chi connectivity index (χ3n) is 3.12. The molecule has 0 aliphatic carbocycles. The maximum Gasteiger partial charge on any atom is 0.311 e. The maximum absolute atomic E-state index is 12.0. The molecule has 1 aromatic rings. The van der Waals surface area contributed by atoms with Gasteiger partial charge in [-0.25, -0.2) is 0 Å². The highest BCUT2D eigenvalue weighted by Crippen LogP contribution is 2.15. The summed E-state index contributed by atoms with van der Waals surface area (Å²) in [5.74, 6) is -2.88. The lowest BCUT2D eigenvalue weighted by Crippen LogP contribution is -2.42. The maximum atomic E-state index is 12.0. The molecule has 1 heterocycles. The van der Waals surface area contributed by atoms with Gasteiger partial charge in [0.15, 0.2) is 0 Å². The minimum atomic E-state index is -1.02. The summed E-state index contributed by atoms with van der Waals surface area (Å²) in [7, 11) is 0. The highest BCUT2D eigenvalue weighted by Gasteiger charge is 2.35. The molecule has 2 unspecified atom stereocenters. The van der Waals surface area contributed by atoms with Crippen molar-refractivity contribution in [1.82, 2.24) is 5.32 Å². The molecule has 7 heteroatoms. The van der Waals surface area contributed by atoms with Crippen molar-refractivity contribution < 1.29 is 24.2 Å². The molecule has 2 atom stereocenters. The molecule has 0 saturated carbocycles. The number of nitrogens with one attached hydrogen (secondary N) is 1. The van der Waals surface area contributed by atoms with Gasteiger partial charge in [-0.2, -0.15) is 0 Å². The van der Waals surface area contributed by atoms with Crippen LogP contribution in [-0.4, -0.2) is 42.1 Å². The average Bonchev–Trinajstić information content (AvgIpc) is 2.87.